The molecule has 0 aromatic heterocycles. The summed E-state index contributed by atoms with van der Waals surface area (Å²) in [4.78, 5) is 12.6. The van der Waals surface area contributed by atoms with Crippen LogP contribution in [0.4, 0.5) is 4.79 Å². The fourth-order valence-electron chi connectivity index (χ4n) is 1.62. The predicted octanol–water partition coefficient (Wildman–Crippen LogP) is 1.24. The summed E-state index contributed by atoms with van der Waals surface area (Å²) in [6, 6.07) is 0. The molecule has 1 aliphatic rings. The molecule has 1 rings (SSSR count). The topological polar surface area (TPSA) is 49.8 Å². The number of amides is 1. The lowest BCUT2D eigenvalue weighted by Crippen LogP contribution is -2.35. The average molecular weight is 201 g/mol. The molecule has 1 N–H and O–H groups in total. The molecular formula is C10H19NO3. The Kier molecular flexibility index (Phi) is 3.37. The van der Waals surface area contributed by atoms with Crippen molar-refractivity contribution in [1.29, 1.82) is 0 Å². The van der Waals surface area contributed by atoms with Crippen LogP contribution >= 0.6 is 0 Å². The molecule has 14 heavy (non-hydrogen) atoms. The Morgan fingerprint density at radius 3 is 2.64 bits per heavy atom. The van der Waals surface area contributed by atoms with Crippen LogP contribution in [0.15, 0.2) is 0 Å². The zero-order valence-corrected chi connectivity index (χ0v) is 9.12. The second-order valence-electron chi connectivity index (χ2n) is 4.98. The number of hydrogen-bond donors (Lipinski definition) is 1. The quantitative estimate of drug-likeness (QED) is 0.747. The summed E-state index contributed by atoms with van der Waals surface area (Å²) in [7, 11) is 0. The van der Waals surface area contributed by atoms with E-state index >= 15 is 0 Å². The van der Waals surface area contributed by atoms with Gasteiger partial charge in [-0.25, -0.2) is 4.79 Å². The van der Waals surface area contributed by atoms with Gasteiger partial charge in [0.2, 0.25) is 0 Å². The monoisotopic (exact) mass is 201 g/mol. The summed E-state index contributed by atoms with van der Waals surface area (Å²) in [5.74, 6) is 0. The van der Waals surface area contributed by atoms with Crippen LogP contribution in [-0.4, -0.2) is 41.9 Å². The van der Waals surface area contributed by atoms with Gasteiger partial charge in [0.25, 0.3) is 0 Å². The molecule has 4 heteroatoms. The van der Waals surface area contributed by atoms with Crippen LogP contribution in [0.3, 0.4) is 0 Å². The van der Waals surface area contributed by atoms with Crippen LogP contribution in [0.2, 0.25) is 0 Å². The molecule has 0 saturated carbocycles. The number of aliphatic hydroxyl groups is 1. The van der Waals surface area contributed by atoms with E-state index in [1.54, 1.807) is 4.90 Å². The minimum atomic E-state index is -0.458. The second-order valence-corrected chi connectivity index (χ2v) is 4.98. The molecule has 0 aliphatic carbocycles. The van der Waals surface area contributed by atoms with Crippen LogP contribution in [0.25, 0.3) is 0 Å². The molecule has 82 valence electrons. The maximum atomic E-state index is 11.1. The van der Waals surface area contributed by atoms with E-state index in [9.17, 15) is 9.90 Å². The van der Waals surface area contributed by atoms with Crippen molar-refractivity contribution in [2.24, 2.45) is 5.41 Å². The smallest absolute Gasteiger partial charge is 0.410 e. The highest BCUT2D eigenvalue weighted by Gasteiger charge is 2.26. The molecule has 1 saturated heterocycles. The van der Waals surface area contributed by atoms with Crippen molar-refractivity contribution in [3.63, 3.8) is 0 Å². The lowest BCUT2D eigenvalue weighted by molar-refractivity contribution is 0.0870. The highest BCUT2D eigenvalue weighted by molar-refractivity contribution is 5.69. The number of aliphatic hydroxyl groups excluding tert-OH is 1. The lowest BCUT2D eigenvalue weighted by Gasteiger charge is -2.24. The van der Waals surface area contributed by atoms with Gasteiger partial charge in [0.05, 0.1) is 19.2 Å². The SMILES string of the molecule is CC(C)(C)CC(O)CN1CCOC1=O. The van der Waals surface area contributed by atoms with E-state index in [0.717, 1.165) is 0 Å². The Morgan fingerprint density at radius 1 is 1.57 bits per heavy atom. The fraction of sp³-hybridized carbons (Fsp3) is 0.900. The zero-order chi connectivity index (χ0) is 10.8. The van der Waals surface area contributed by atoms with Gasteiger partial charge in [0, 0.05) is 0 Å². The highest BCUT2D eigenvalue weighted by atomic mass is 16.6. The van der Waals surface area contributed by atoms with Gasteiger partial charge in [0.15, 0.2) is 0 Å². The summed E-state index contributed by atoms with van der Waals surface area (Å²) < 4.78 is 4.77. The van der Waals surface area contributed by atoms with Gasteiger partial charge < -0.3 is 14.7 Å². The van der Waals surface area contributed by atoms with Crippen molar-refractivity contribution in [1.82, 2.24) is 4.90 Å². The Labute approximate surface area is 84.8 Å². The zero-order valence-electron chi connectivity index (χ0n) is 9.12. The number of rotatable bonds is 3. The summed E-state index contributed by atoms with van der Waals surface area (Å²) in [6.45, 7) is 7.63. The van der Waals surface area contributed by atoms with Gasteiger partial charge in [-0.05, 0) is 11.8 Å². The van der Waals surface area contributed by atoms with Crippen molar-refractivity contribution < 1.29 is 14.6 Å². The maximum Gasteiger partial charge on any atom is 0.410 e. The van der Waals surface area contributed by atoms with E-state index < -0.39 is 6.10 Å². The average Bonchev–Trinajstić information content (AvgIpc) is 2.32. The van der Waals surface area contributed by atoms with E-state index in [1.807, 2.05) is 0 Å². The summed E-state index contributed by atoms with van der Waals surface area (Å²) in [5, 5.41) is 9.71. The summed E-state index contributed by atoms with van der Waals surface area (Å²) in [5.41, 5.74) is 0.0864. The van der Waals surface area contributed by atoms with E-state index in [4.69, 9.17) is 4.74 Å². The second kappa shape index (κ2) is 4.17. The Morgan fingerprint density at radius 2 is 2.21 bits per heavy atom. The van der Waals surface area contributed by atoms with Gasteiger partial charge in [0.1, 0.15) is 6.61 Å². The van der Waals surface area contributed by atoms with Gasteiger partial charge in [-0.15, -0.1) is 0 Å². The van der Waals surface area contributed by atoms with Crippen LogP contribution in [0.5, 0.6) is 0 Å². The van der Waals surface area contributed by atoms with E-state index in [2.05, 4.69) is 20.8 Å². The molecule has 1 unspecified atom stereocenters. The molecule has 1 aliphatic heterocycles. The number of ether oxygens (including phenoxy) is 1. The van der Waals surface area contributed by atoms with E-state index in [0.29, 0.717) is 26.1 Å². The third-order valence-electron chi connectivity index (χ3n) is 2.12. The molecule has 0 bridgehead atoms. The lowest BCUT2D eigenvalue weighted by atomic mass is 9.89. The third-order valence-corrected chi connectivity index (χ3v) is 2.12. The Bertz CT molecular complexity index is 210. The number of β-amino-alcohol motifs (C(OH)–C–C–N with tert-alkyl or cyclic N) is 1. The maximum absolute atomic E-state index is 11.1. The third kappa shape index (κ3) is 3.54. The first-order chi connectivity index (χ1) is 6.38. The van der Waals surface area contributed by atoms with Gasteiger partial charge in [-0.3, -0.25) is 0 Å². The van der Waals surface area contributed by atoms with Crippen molar-refractivity contribution in [3.8, 4) is 0 Å². The first kappa shape index (κ1) is 11.3. The highest BCUT2D eigenvalue weighted by Crippen LogP contribution is 2.21. The number of carbonyl (C=O) groups excluding carboxylic acids is 1. The van der Waals surface area contributed by atoms with Crippen molar-refractivity contribution in [2.45, 2.75) is 33.3 Å². The first-order valence-corrected chi connectivity index (χ1v) is 4.98. The molecule has 0 aromatic rings. The van der Waals surface area contributed by atoms with Crippen LogP contribution < -0.4 is 0 Å². The molecule has 1 fully saturated rings. The number of nitrogens with zero attached hydrogens (tertiary/aromatic N) is 1. The minimum Gasteiger partial charge on any atom is -0.448 e. The Hall–Kier alpha value is -0.770. The van der Waals surface area contributed by atoms with Crippen molar-refractivity contribution in [2.75, 3.05) is 19.7 Å². The fourth-order valence-corrected chi connectivity index (χ4v) is 1.62. The molecule has 1 heterocycles. The summed E-state index contributed by atoms with van der Waals surface area (Å²) >= 11 is 0. The van der Waals surface area contributed by atoms with E-state index in [-0.39, 0.29) is 11.5 Å². The molecule has 0 spiro atoms. The van der Waals surface area contributed by atoms with Gasteiger partial charge in [-0.1, -0.05) is 20.8 Å². The number of hydrogen-bond acceptors (Lipinski definition) is 3. The number of carbonyl (C=O) groups is 1. The van der Waals surface area contributed by atoms with Crippen LogP contribution in [0, 0.1) is 5.41 Å². The first-order valence-electron chi connectivity index (χ1n) is 4.98. The largest absolute Gasteiger partial charge is 0.448 e. The standard InChI is InChI=1S/C10H19NO3/c1-10(2,3)6-8(12)7-11-4-5-14-9(11)13/h8,12H,4-7H2,1-3H3. The van der Waals surface area contributed by atoms with Crippen molar-refractivity contribution >= 4 is 6.09 Å². The van der Waals surface area contributed by atoms with Crippen molar-refractivity contribution in [3.05, 3.63) is 0 Å². The normalized spacial score (nSPS) is 19.7. The van der Waals surface area contributed by atoms with E-state index in [1.165, 1.54) is 0 Å². The van der Waals surface area contributed by atoms with Gasteiger partial charge >= 0.3 is 6.09 Å². The Balaban J connectivity index is 2.33. The minimum absolute atomic E-state index is 0.0864. The molecular weight excluding hydrogens is 182 g/mol. The van der Waals surface area contributed by atoms with Crippen LogP contribution in [0.1, 0.15) is 27.2 Å². The van der Waals surface area contributed by atoms with Crippen LogP contribution in [-0.2, 0) is 4.74 Å². The van der Waals surface area contributed by atoms with Gasteiger partial charge in [-0.2, -0.15) is 0 Å². The summed E-state index contributed by atoms with van der Waals surface area (Å²) in [6.07, 6.45) is -0.0739. The molecule has 0 radical (unpaired) electrons. The molecule has 0 aromatic carbocycles. The predicted molar refractivity (Wildman–Crippen MR) is 53.0 cm³/mol. The molecule has 4 nitrogen and oxygen atoms in total. The number of cyclic esters (lactones) is 1. The molecule has 1 amide bonds. The molecule has 1 atom stereocenters.